The number of ether oxygens (including phenoxy) is 1. The molecule has 4 rings (SSSR count). The maximum Gasteiger partial charge on any atom is 0.322 e. The number of carbonyl (C=O) groups excluding carboxylic acids is 2. The van der Waals surface area contributed by atoms with Gasteiger partial charge in [-0.3, -0.25) is 4.79 Å². The number of nitrogens with zero attached hydrogens (tertiary/aromatic N) is 2. The van der Waals surface area contributed by atoms with E-state index < -0.39 is 6.04 Å². The predicted molar refractivity (Wildman–Crippen MR) is 135 cm³/mol. The highest BCUT2D eigenvalue weighted by atomic mass is 16.5. The third-order valence-corrected chi connectivity index (χ3v) is 6.99. The Labute approximate surface area is 202 Å². The Morgan fingerprint density at radius 2 is 1.65 bits per heavy atom. The standard InChI is InChI=1S/C27H36N4O3/c1-18(2)19-5-8-22(9-6-19)29-27(33)31-17-24(34-4)16-25(31)26(32)28-23-10-7-20-11-13-30(3)14-12-21(20)15-23/h5-10,15,18,24-25H,11-14,16-17H2,1-4H3,(H,28,32)(H,29,33)/t24?,25-/m1/s1. The summed E-state index contributed by atoms with van der Waals surface area (Å²) in [7, 11) is 3.76. The Balaban J connectivity index is 1.45. The van der Waals surface area contributed by atoms with Gasteiger partial charge in [-0.05, 0) is 66.8 Å². The van der Waals surface area contributed by atoms with Gasteiger partial charge in [-0.25, -0.2) is 4.79 Å². The predicted octanol–water partition coefficient (Wildman–Crippen LogP) is 4.10. The van der Waals surface area contributed by atoms with Crippen LogP contribution in [0.15, 0.2) is 42.5 Å². The van der Waals surface area contributed by atoms with E-state index in [-0.39, 0.29) is 18.0 Å². The van der Waals surface area contributed by atoms with Crippen LogP contribution in [0.5, 0.6) is 0 Å². The lowest BCUT2D eigenvalue weighted by atomic mass is 10.0. The number of nitrogens with one attached hydrogen (secondary N) is 2. The number of methoxy groups -OCH3 is 1. The SMILES string of the molecule is COC1C[C@H](C(=O)Nc2ccc3c(c2)CCN(C)CC3)N(C(=O)Nc2ccc(C(C)C)cc2)C1. The average Bonchev–Trinajstić information content (AvgIpc) is 3.19. The maximum atomic E-state index is 13.3. The van der Waals surface area contributed by atoms with Crippen LogP contribution in [0.1, 0.15) is 42.9 Å². The summed E-state index contributed by atoms with van der Waals surface area (Å²) in [6.07, 6.45) is 2.28. The molecule has 2 heterocycles. The topological polar surface area (TPSA) is 73.9 Å². The van der Waals surface area contributed by atoms with Gasteiger partial charge in [0.2, 0.25) is 5.91 Å². The van der Waals surface area contributed by atoms with E-state index in [2.05, 4.69) is 48.6 Å². The molecule has 2 aromatic carbocycles. The number of likely N-dealkylation sites (N-methyl/N-ethyl adjacent to an activating group) is 1. The molecule has 0 spiro atoms. The number of anilines is 2. The quantitative estimate of drug-likeness (QED) is 0.699. The van der Waals surface area contributed by atoms with Gasteiger partial charge in [0.1, 0.15) is 6.04 Å². The minimum absolute atomic E-state index is 0.174. The Bertz CT molecular complexity index is 1020. The van der Waals surface area contributed by atoms with Crippen LogP contribution in [0.3, 0.4) is 0 Å². The van der Waals surface area contributed by atoms with Crippen molar-refractivity contribution in [3.8, 4) is 0 Å². The molecule has 3 amide bonds. The molecule has 182 valence electrons. The number of amides is 3. The molecule has 0 aliphatic carbocycles. The zero-order valence-corrected chi connectivity index (χ0v) is 20.6. The van der Waals surface area contributed by atoms with Crippen molar-refractivity contribution in [1.29, 1.82) is 0 Å². The largest absolute Gasteiger partial charge is 0.380 e. The summed E-state index contributed by atoms with van der Waals surface area (Å²) >= 11 is 0. The van der Waals surface area contributed by atoms with Crippen LogP contribution in [0.2, 0.25) is 0 Å². The number of hydrogen-bond donors (Lipinski definition) is 2. The van der Waals surface area contributed by atoms with Crippen molar-refractivity contribution in [2.24, 2.45) is 0 Å². The number of fused-ring (bicyclic) bond motifs is 1. The van der Waals surface area contributed by atoms with Crippen molar-refractivity contribution in [3.63, 3.8) is 0 Å². The lowest BCUT2D eigenvalue weighted by Gasteiger charge is -2.24. The second-order valence-corrected chi connectivity index (χ2v) is 9.74. The first-order valence-corrected chi connectivity index (χ1v) is 12.2. The van der Waals surface area contributed by atoms with E-state index in [9.17, 15) is 9.59 Å². The molecule has 1 unspecified atom stereocenters. The lowest BCUT2D eigenvalue weighted by Crippen LogP contribution is -2.45. The summed E-state index contributed by atoms with van der Waals surface area (Å²) in [6.45, 7) is 6.70. The number of rotatable bonds is 5. The third-order valence-electron chi connectivity index (χ3n) is 6.99. The fourth-order valence-electron chi connectivity index (χ4n) is 4.73. The van der Waals surface area contributed by atoms with Crippen molar-refractivity contribution >= 4 is 23.3 Å². The molecule has 34 heavy (non-hydrogen) atoms. The first-order chi connectivity index (χ1) is 16.3. The van der Waals surface area contributed by atoms with Crippen LogP contribution in [0.4, 0.5) is 16.2 Å². The fraction of sp³-hybridized carbons (Fsp3) is 0.481. The molecule has 0 saturated carbocycles. The van der Waals surface area contributed by atoms with Gasteiger partial charge in [-0.15, -0.1) is 0 Å². The Morgan fingerprint density at radius 1 is 0.971 bits per heavy atom. The van der Waals surface area contributed by atoms with E-state index in [1.807, 2.05) is 30.3 Å². The first-order valence-electron chi connectivity index (χ1n) is 12.2. The molecule has 2 aromatic rings. The van der Waals surface area contributed by atoms with E-state index in [1.165, 1.54) is 16.7 Å². The summed E-state index contributed by atoms with van der Waals surface area (Å²) in [5, 5.41) is 5.99. The minimum Gasteiger partial charge on any atom is -0.380 e. The van der Waals surface area contributed by atoms with Gasteiger partial charge < -0.3 is 25.2 Å². The van der Waals surface area contributed by atoms with E-state index in [4.69, 9.17) is 4.74 Å². The minimum atomic E-state index is -0.593. The Kier molecular flexibility index (Phi) is 7.54. The van der Waals surface area contributed by atoms with Crippen LogP contribution < -0.4 is 10.6 Å². The van der Waals surface area contributed by atoms with E-state index in [0.29, 0.717) is 24.6 Å². The molecular formula is C27H36N4O3. The molecule has 2 N–H and O–H groups in total. The highest BCUT2D eigenvalue weighted by molar-refractivity contribution is 5.99. The Morgan fingerprint density at radius 3 is 2.32 bits per heavy atom. The van der Waals surface area contributed by atoms with E-state index in [1.54, 1.807) is 12.0 Å². The van der Waals surface area contributed by atoms with Crippen LogP contribution in [-0.2, 0) is 22.4 Å². The van der Waals surface area contributed by atoms with Crippen molar-refractivity contribution in [1.82, 2.24) is 9.80 Å². The van der Waals surface area contributed by atoms with Crippen molar-refractivity contribution in [3.05, 3.63) is 59.2 Å². The molecule has 2 aliphatic heterocycles. The maximum absolute atomic E-state index is 13.3. The second kappa shape index (κ2) is 10.6. The van der Waals surface area contributed by atoms with Crippen LogP contribution in [-0.4, -0.2) is 67.7 Å². The first kappa shape index (κ1) is 24.2. The van der Waals surface area contributed by atoms with Gasteiger partial charge >= 0.3 is 6.03 Å². The molecular weight excluding hydrogens is 428 g/mol. The number of benzene rings is 2. The smallest absolute Gasteiger partial charge is 0.322 e. The average molecular weight is 465 g/mol. The summed E-state index contributed by atoms with van der Waals surface area (Å²) in [5.74, 6) is 0.239. The van der Waals surface area contributed by atoms with Gasteiger partial charge in [-0.2, -0.15) is 0 Å². The molecule has 0 aromatic heterocycles. The molecule has 7 heteroatoms. The van der Waals surface area contributed by atoms with Gasteiger partial charge in [0.15, 0.2) is 0 Å². The molecule has 1 saturated heterocycles. The summed E-state index contributed by atoms with van der Waals surface area (Å²) in [6, 6.07) is 13.1. The highest BCUT2D eigenvalue weighted by Gasteiger charge is 2.40. The molecule has 7 nitrogen and oxygen atoms in total. The monoisotopic (exact) mass is 464 g/mol. The third kappa shape index (κ3) is 5.59. The molecule has 1 fully saturated rings. The fourth-order valence-corrected chi connectivity index (χ4v) is 4.73. The normalized spacial score (nSPS) is 20.7. The van der Waals surface area contributed by atoms with Crippen LogP contribution >= 0.6 is 0 Å². The zero-order chi connectivity index (χ0) is 24.2. The van der Waals surface area contributed by atoms with E-state index >= 15 is 0 Å². The van der Waals surface area contributed by atoms with Gasteiger partial charge in [-0.1, -0.05) is 32.0 Å². The number of carbonyl (C=O) groups is 2. The molecule has 2 atom stereocenters. The summed E-state index contributed by atoms with van der Waals surface area (Å²) in [5.41, 5.74) is 5.32. The van der Waals surface area contributed by atoms with Crippen LogP contribution in [0.25, 0.3) is 0 Å². The van der Waals surface area contributed by atoms with Crippen molar-refractivity contribution in [2.75, 3.05) is 44.4 Å². The lowest BCUT2D eigenvalue weighted by molar-refractivity contribution is -0.119. The molecule has 2 aliphatic rings. The molecule has 0 radical (unpaired) electrons. The Hall–Kier alpha value is -2.90. The number of likely N-dealkylation sites (tertiary alicyclic amines) is 1. The van der Waals surface area contributed by atoms with Crippen LogP contribution in [0, 0.1) is 0 Å². The van der Waals surface area contributed by atoms with Gasteiger partial charge in [0.25, 0.3) is 0 Å². The van der Waals surface area contributed by atoms with Gasteiger partial charge in [0.05, 0.1) is 6.10 Å². The zero-order valence-electron chi connectivity index (χ0n) is 20.6. The second-order valence-electron chi connectivity index (χ2n) is 9.74. The number of hydrogen-bond acceptors (Lipinski definition) is 4. The summed E-state index contributed by atoms with van der Waals surface area (Å²) in [4.78, 5) is 30.3. The van der Waals surface area contributed by atoms with Crippen molar-refractivity contribution in [2.45, 2.75) is 51.2 Å². The number of urea groups is 1. The van der Waals surface area contributed by atoms with Crippen molar-refractivity contribution < 1.29 is 14.3 Å². The summed E-state index contributed by atoms with van der Waals surface area (Å²) < 4.78 is 5.51. The van der Waals surface area contributed by atoms with Gasteiger partial charge in [0, 0.05) is 44.5 Å². The highest BCUT2D eigenvalue weighted by Crippen LogP contribution is 2.25. The van der Waals surface area contributed by atoms with E-state index in [0.717, 1.165) is 31.6 Å². The molecule has 0 bridgehead atoms.